The third-order valence-electron chi connectivity index (χ3n) is 11.7. The summed E-state index contributed by atoms with van der Waals surface area (Å²) in [6, 6.07) is 62.1. The molecule has 0 saturated heterocycles. The topological polar surface area (TPSA) is 82.5 Å². The smallest absolute Gasteiger partial charge is 0.164 e. The van der Waals surface area contributed by atoms with Crippen molar-refractivity contribution < 1.29 is 4.42 Å². The van der Waals surface area contributed by atoms with Gasteiger partial charge in [0.25, 0.3) is 0 Å². The van der Waals surface area contributed by atoms with Gasteiger partial charge in [0.05, 0.1) is 11.0 Å². The van der Waals surface area contributed by atoms with Gasteiger partial charge in [-0.3, -0.25) is 0 Å². The van der Waals surface area contributed by atoms with Gasteiger partial charge in [0.15, 0.2) is 23.3 Å². The zero-order valence-corrected chi connectivity index (χ0v) is 37.0. The molecule has 0 radical (unpaired) electrons. The van der Waals surface area contributed by atoms with Crippen molar-refractivity contribution in [3.8, 4) is 73.5 Å². The molecule has 0 saturated carbocycles. The van der Waals surface area contributed by atoms with Crippen LogP contribution in [0.4, 0.5) is 0 Å². The minimum Gasteiger partial charge on any atom is -0.456 e. The van der Waals surface area contributed by atoms with Crippen LogP contribution in [0.5, 0.6) is 0 Å². The molecule has 0 atom stereocenters. The zero-order valence-electron chi connectivity index (χ0n) is 33.8. The van der Waals surface area contributed by atoms with E-state index in [1.54, 1.807) is 0 Å². The van der Waals surface area contributed by atoms with E-state index in [0.717, 1.165) is 103 Å². The second kappa shape index (κ2) is 15.6. The Kier molecular flexibility index (Phi) is 9.31. The number of para-hydroxylation sites is 1. The molecular weight excluding hydrogens is 920 g/mol. The van der Waals surface area contributed by atoms with E-state index < -0.39 is 0 Å². The lowest BCUT2D eigenvalue weighted by atomic mass is 9.95. The van der Waals surface area contributed by atoms with Gasteiger partial charge in [-0.25, -0.2) is 24.9 Å². The summed E-state index contributed by atoms with van der Waals surface area (Å²) in [5.41, 5.74) is 12.5. The normalized spacial score (nSPS) is 11.6. The maximum Gasteiger partial charge on any atom is 0.164 e. The lowest BCUT2D eigenvalue weighted by Crippen LogP contribution is -2.01. The van der Waals surface area contributed by atoms with E-state index in [0.29, 0.717) is 23.3 Å². The first-order valence-electron chi connectivity index (χ1n) is 20.8. The first-order chi connectivity index (χ1) is 31.5. The fraction of sp³-hybridized carbons (Fsp3) is 0. The molecule has 8 aromatic carbocycles. The fourth-order valence-electron chi connectivity index (χ4n) is 8.79. The minimum absolute atomic E-state index is 0.571. The Hall–Kier alpha value is -7.59. The predicted molar refractivity (Wildman–Crippen MR) is 265 cm³/mol. The summed E-state index contributed by atoms with van der Waals surface area (Å²) in [7, 11) is 0. The van der Waals surface area contributed by atoms with Crippen molar-refractivity contribution in [3.63, 3.8) is 0 Å². The number of hydrogen-bond acceptors (Lipinski definition) is 6. The summed E-state index contributed by atoms with van der Waals surface area (Å²) in [6.45, 7) is 0. The van der Waals surface area contributed by atoms with Gasteiger partial charge in [-0.1, -0.05) is 153 Å². The van der Waals surface area contributed by atoms with Gasteiger partial charge in [-0.15, -0.1) is 0 Å². The Morgan fingerprint density at radius 3 is 1.73 bits per heavy atom. The van der Waals surface area contributed by atoms with Crippen LogP contribution >= 0.6 is 31.9 Å². The molecule has 64 heavy (non-hydrogen) atoms. The Morgan fingerprint density at radius 2 is 0.969 bits per heavy atom. The summed E-state index contributed by atoms with van der Waals surface area (Å²) < 4.78 is 10.6. The van der Waals surface area contributed by atoms with Crippen LogP contribution in [-0.2, 0) is 0 Å². The predicted octanol–water partition coefficient (Wildman–Crippen LogP) is 15.2. The third kappa shape index (κ3) is 6.60. The third-order valence-corrected chi connectivity index (χ3v) is 12.7. The Balaban J connectivity index is 0.922. The van der Waals surface area contributed by atoms with Gasteiger partial charge in [0.1, 0.15) is 11.2 Å². The molecule has 0 fully saturated rings. The van der Waals surface area contributed by atoms with Crippen LogP contribution < -0.4 is 0 Å². The van der Waals surface area contributed by atoms with Gasteiger partial charge in [-0.2, -0.15) is 0 Å². The highest BCUT2D eigenvalue weighted by Gasteiger charge is 2.21. The molecule has 0 spiro atoms. The van der Waals surface area contributed by atoms with Gasteiger partial charge >= 0.3 is 0 Å². The van der Waals surface area contributed by atoms with E-state index >= 15 is 0 Å². The van der Waals surface area contributed by atoms with Crippen LogP contribution in [0.15, 0.2) is 208 Å². The van der Waals surface area contributed by atoms with Crippen molar-refractivity contribution >= 4 is 75.6 Å². The largest absolute Gasteiger partial charge is 0.456 e. The average Bonchev–Trinajstić information content (AvgIpc) is 3.89. The monoisotopic (exact) mass is 950 g/mol. The number of rotatable bonds is 7. The van der Waals surface area contributed by atoms with Crippen molar-refractivity contribution in [1.29, 1.82) is 0 Å². The summed E-state index contributed by atoms with van der Waals surface area (Å²) in [6.07, 6.45) is 3.80. The molecule has 0 aliphatic rings. The highest BCUT2D eigenvalue weighted by Crippen LogP contribution is 2.42. The van der Waals surface area contributed by atoms with E-state index in [1.807, 2.05) is 79.1 Å². The van der Waals surface area contributed by atoms with Crippen LogP contribution in [0.1, 0.15) is 0 Å². The van der Waals surface area contributed by atoms with Gasteiger partial charge in [0.2, 0.25) is 0 Å². The second-order valence-corrected chi connectivity index (χ2v) is 17.4. The summed E-state index contributed by atoms with van der Waals surface area (Å²) in [5.74, 6) is 2.40. The Labute approximate surface area is 384 Å². The van der Waals surface area contributed by atoms with Crippen molar-refractivity contribution in [3.05, 3.63) is 203 Å². The molecular formula is C55H32Br2N6O. The molecule has 4 aromatic heterocycles. The van der Waals surface area contributed by atoms with Crippen molar-refractivity contribution in [2.45, 2.75) is 0 Å². The first kappa shape index (κ1) is 38.1. The van der Waals surface area contributed by atoms with Crippen LogP contribution in [0.25, 0.3) is 117 Å². The average molecular weight is 953 g/mol. The first-order valence-corrected chi connectivity index (χ1v) is 22.4. The molecule has 0 unspecified atom stereocenters. The standard InChI is InChI=1S/C55H32Br2N6O/c56-37-25-27-46-44(29-37)50-43(18-9-19-47(50)63(46)39-13-5-2-6-14-39)54-58-31-36(32-59-54)33-21-23-35(24-22-33)53-60-52(34-11-3-1-4-12-34)61-55(62-53)42-16-8-7-15-40(42)41-17-10-20-49-51(41)45-30-38(57)26-28-48(45)64-49/h1-32H. The van der Waals surface area contributed by atoms with Gasteiger partial charge in [0, 0.05) is 76.4 Å². The van der Waals surface area contributed by atoms with Gasteiger partial charge < -0.3 is 8.98 Å². The highest BCUT2D eigenvalue weighted by atomic mass is 79.9. The van der Waals surface area contributed by atoms with Crippen LogP contribution in [0, 0.1) is 0 Å². The molecule has 0 N–H and O–H groups in total. The molecule has 0 bridgehead atoms. The molecule has 9 heteroatoms. The molecule has 4 heterocycles. The molecule has 302 valence electrons. The number of hydrogen-bond donors (Lipinski definition) is 0. The Morgan fingerprint density at radius 1 is 0.375 bits per heavy atom. The zero-order chi connectivity index (χ0) is 42.7. The fourth-order valence-corrected chi connectivity index (χ4v) is 9.51. The second-order valence-electron chi connectivity index (χ2n) is 15.5. The SMILES string of the molecule is Brc1ccc2oc3cccc(-c4ccccc4-c4nc(-c5ccccc5)nc(-c5ccc(-c6cnc(-c7cccc8c7c7cc(Br)ccc7n8-c7ccccc7)nc6)cc5)n4)c3c2c1. The van der Waals surface area contributed by atoms with E-state index in [9.17, 15) is 0 Å². The summed E-state index contributed by atoms with van der Waals surface area (Å²) in [4.78, 5) is 25.2. The number of benzene rings is 8. The molecule has 7 nitrogen and oxygen atoms in total. The maximum atomic E-state index is 6.31. The maximum absolute atomic E-state index is 6.31. The highest BCUT2D eigenvalue weighted by molar-refractivity contribution is 9.10. The number of furan rings is 1. The molecule has 0 aliphatic carbocycles. The Bertz CT molecular complexity index is 3740. The summed E-state index contributed by atoms with van der Waals surface area (Å²) >= 11 is 7.39. The van der Waals surface area contributed by atoms with Crippen molar-refractivity contribution in [2.75, 3.05) is 0 Å². The van der Waals surface area contributed by atoms with Crippen molar-refractivity contribution in [1.82, 2.24) is 29.5 Å². The molecule has 12 rings (SSSR count). The number of halogens is 2. The van der Waals surface area contributed by atoms with Gasteiger partial charge in [-0.05, 0) is 77.4 Å². The van der Waals surface area contributed by atoms with Crippen LogP contribution in [0.3, 0.4) is 0 Å². The van der Waals surface area contributed by atoms with E-state index in [-0.39, 0.29) is 0 Å². The molecule has 12 aromatic rings. The van der Waals surface area contributed by atoms with Crippen molar-refractivity contribution in [2.24, 2.45) is 0 Å². The number of fused-ring (bicyclic) bond motifs is 6. The van der Waals surface area contributed by atoms with Crippen LogP contribution in [-0.4, -0.2) is 29.5 Å². The number of nitrogens with zero attached hydrogens (tertiary/aromatic N) is 6. The van der Waals surface area contributed by atoms with Crippen LogP contribution in [0.2, 0.25) is 0 Å². The summed E-state index contributed by atoms with van der Waals surface area (Å²) in [5, 5.41) is 4.31. The quantitative estimate of drug-likeness (QED) is 0.158. The number of aromatic nitrogens is 6. The van der Waals surface area contributed by atoms with E-state index in [1.165, 1.54) is 0 Å². The van der Waals surface area contributed by atoms with E-state index in [2.05, 4.69) is 152 Å². The minimum atomic E-state index is 0.571. The van der Waals surface area contributed by atoms with E-state index in [4.69, 9.17) is 29.3 Å². The molecule has 0 aliphatic heterocycles. The lowest BCUT2D eigenvalue weighted by Gasteiger charge is -2.13. The molecule has 0 amide bonds. The lowest BCUT2D eigenvalue weighted by molar-refractivity contribution is 0.669.